The number of benzene rings is 1. The van der Waals surface area contributed by atoms with Gasteiger partial charge in [-0.05, 0) is 24.6 Å². The molecule has 104 valence electrons. The molecule has 0 atom stereocenters. The van der Waals surface area contributed by atoms with Crippen molar-refractivity contribution in [3.05, 3.63) is 34.9 Å². The zero-order valence-corrected chi connectivity index (χ0v) is 11.8. The molecule has 0 aliphatic rings. The van der Waals surface area contributed by atoms with Gasteiger partial charge in [0.25, 0.3) is 5.91 Å². The van der Waals surface area contributed by atoms with Crippen LogP contribution in [0.15, 0.2) is 24.3 Å². The summed E-state index contributed by atoms with van der Waals surface area (Å²) in [5.74, 6) is -0.545. The Morgan fingerprint density at radius 1 is 1.16 bits per heavy atom. The summed E-state index contributed by atoms with van der Waals surface area (Å²) in [7, 11) is 0. The van der Waals surface area contributed by atoms with Gasteiger partial charge < -0.3 is 0 Å². The first kappa shape index (κ1) is 15.5. The van der Waals surface area contributed by atoms with Crippen LogP contribution >= 0.6 is 11.6 Å². The van der Waals surface area contributed by atoms with E-state index in [1.807, 2.05) is 0 Å². The molecular weight excluding hydrogens is 264 g/mol. The number of hydrogen-bond donors (Lipinski definition) is 2. The van der Waals surface area contributed by atoms with Gasteiger partial charge in [-0.25, -0.2) is 0 Å². The molecule has 0 spiro atoms. The van der Waals surface area contributed by atoms with Crippen molar-refractivity contribution >= 4 is 23.4 Å². The normalized spacial score (nSPS) is 10.0. The zero-order chi connectivity index (χ0) is 14.1. The van der Waals surface area contributed by atoms with E-state index in [0.717, 1.165) is 25.7 Å². The number of halogens is 1. The second-order valence-corrected chi connectivity index (χ2v) is 4.76. The van der Waals surface area contributed by atoms with Crippen LogP contribution in [0.4, 0.5) is 0 Å². The van der Waals surface area contributed by atoms with Gasteiger partial charge >= 0.3 is 0 Å². The second-order valence-electron chi connectivity index (χ2n) is 4.32. The van der Waals surface area contributed by atoms with Gasteiger partial charge in [0, 0.05) is 17.0 Å². The first-order valence-corrected chi connectivity index (χ1v) is 6.86. The highest BCUT2D eigenvalue weighted by atomic mass is 35.5. The van der Waals surface area contributed by atoms with Gasteiger partial charge in [0.2, 0.25) is 5.91 Å². The SMILES string of the molecule is CCCCCCC(=O)NNC(=O)c1cccc(Cl)c1. The molecule has 0 saturated heterocycles. The molecule has 0 aliphatic heterocycles. The molecule has 4 nitrogen and oxygen atoms in total. The Hall–Kier alpha value is -1.55. The van der Waals surface area contributed by atoms with Crippen molar-refractivity contribution in [2.45, 2.75) is 39.0 Å². The molecule has 0 heterocycles. The Morgan fingerprint density at radius 3 is 2.63 bits per heavy atom. The highest BCUT2D eigenvalue weighted by molar-refractivity contribution is 6.30. The summed E-state index contributed by atoms with van der Waals surface area (Å²) in [5.41, 5.74) is 5.18. The van der Waals surface area contributed by atoms with E-state index < -0.39 is 0 Å². The first-order valence-electron chi connectivity index (χ1n) is 6.48. The minimum Gasteiger partial charge on any atom is -0.273 e. The van der Waals surface area contributed by atoms with Gasteiger partial charge in [-0.1, -0.05) is 43.9 Å². The van der Waals surface area contributed by atoms with Crippen LogP contribution < -0.4 is 10.9 Å². The minimum atomic E-state index is -0.371. The fourth-order valence-electron chi connectivity index (χ4n) is 1.60. The van der Waals surface area contributed by atoms with Crippen LogP contribution in [0.25, 0.3) is 0 Å². The molecule has 0 radical (unpaired) electrons. The van der Waals surface area contributed by atoms with Crippen LogP contribution in [0.3, 0.4) is 0 Å². The second kappa shape index (κ2) is 8.53. The molecule has 5 heteroatoms. The number of nitrogens with one attached hydrogen (secondary N) is 2. The number of rotatable bonds is 6. The molecule has 1 rings (SSSR count). The van der Waals surface area contributed by atoms with E-state index >= 15 is 0 Å². The van der Waals surface area contributed by atoms with E-state index in [2.05, 4.69) is 17.8 Å². The Bertz CT molecular complexity index is 435. The molecule has 0 bridgehead atoms. The summed E-state index contributed by atoms with van der Waals surface area (Å²) in [4.78, 5) is 23.2. The van der Waals surface area contributed by atoms with Gasteiger partial charge in [-0.3, -0.25) is 20.4 Å². The van der Waals surface area contributed by atoms with Gasteiger partial charge in [0.15, 0.2) is 0 Å². The topological polar surface area (TPSA) is 58.2 Å². The number of amides is 2. The summed E-state index contributed by atoms with van der Waals surface area (Å²) in [5, 5.41) is 0.485. The van der Waals surface area contributed by atoms with Crippen molar-refractivity contribution in [3.8, 4) is 0 Å². The highest BCUT2D eigenvalue weighted by Gasteiger charge is 2.07. The van der Waals surface area contributed by atoms with Crippen molar-refractivity contribution in [2.75, 3.05) is 0 Å². The van der Waals surface area contributed by atoms with E-state index in [0.29, 0.717) is 17.0 Å². The Kier molecular flexibility index (Phi) is 6.97. The van der Waals surface area contributed by atoms with E-state index in [-0.39, 0.29) is 11.8 Å². The smallest absolute Gasteiger partial charge is 0.269 e. The third-order valence-corrected chi connectivity index (χ3v) is 2.89. The largest absolute Gasteiger partial charge is 0.273 e. The van der Waals surface area contributed by atoms with Crippen molar-refractivity contribution in [1.82, 2.24) is 10.9 Å². The lowest BCUT2D eigenvalue weighted by Crippen LogP contribution is -2.41. The van der Waals surface area contributed by atoms with Crippen molar-refractivity contribution in [3.63, 3.8) is 0 Å². The molecule has 0 saturated carbocycles. The average molecular weight is 283 g/mol. The fraction of sp³-hybridized carbons (Fsp3) is 0.429. The molecule has 2 amide bonds. The van der Waals surface area contributed by atoms with E-state index in [1.54, 1.807) is 24.3 Å². The van der Waals surface area contributed by atoms with Gasteiger partial charge in [-0.2, -0.15) is 0 Å². The molecule has 0 aliphatic carbocycles. The van der Waals surface area contributed by atoms with E-state index in [4.69, 9.17) is 11.6 Å². The average Bonchev–Trinajstić information content (AvgIpc) is 2.41. The number of hydrazine groups is 1. The van der Waals surface area contributed by atoms with Gasteiger partial charge in [0.1, 0.15) is 0 Å². The van der Waals surface area contributed by atoms with Crippen LogP contribution in [0.5, 0.6) is 0 Å². The monoisotopic (exact) mass is 282 g/mol. The van der Waals surface area contributed by atoms with Crippen LogP contribution in [0.2, 0.25) is 5.02 Å². The summed E-state index contributed by atoms with van der Waals surface area (Å²) in [6.07, 6.45) is 4.56. The Labute approximate surface area is 118 Å². The van der Waals surface area contributed by atoms with Gasteiger partial charge in [-0.15, -0.1) is 0 Å². The van der Waals surface area contributed by atoms with Gasteiger partial charge in [0.05, 0.1) is 0 Å². The highest BCUT2D eigenvalue weighted by Crippen LogP contribution is 2.10. The lowest BCUT2D eigenvalue weighted by molar-refractivity contribution is -0.121. The third kappa shape index (κ3) is 6.25. The van der Waals surface area contributed by atoms with Crippen molar-refractivity contribution in [2.24, 2.45) is 0 Å². The maximum Gasteiger partial charge on any atom is 0.269 e. The summed E-state index contributed by atoms with van der Waals surface area (Å²) >= 11 is 5.78. The van der Waals surface area contributed by atoms with Crippen LogP contribution in [0.1, 0.15) is 49.4 Å². The summed E-state index contributed by atoms with van der Waals surface area (Å²) < 4.78 is 0. The standard InChI is InChI=1S/C14H19ClN2O2/c1-2-3-4-5-9-13(18)16-17-14(19)11-7-6-8-12(15)10-11/h6-8,10H,2-5,9H2,1H3,(H,16,18)(H,17,19). The zero-order valence-electron chi connectivity index (χ0n) is 11.0. The lowest BCUT2D eigenvalue weighted by atomic mass is 10.1. The summed E-state index contributed by atoms with van der Waals surface area (Å²) in [6, 6.07) is 6.55. The van der Waals surface area contributed by atoms with E-state index in [1.165, 1.54) is 0 Å². The molecular formula is C14H19ClN2O2. The lowest BCUT2D eigenvalue weighted by Gasteiger charge is -2.07. The maximum absolute atomic E-state index is 11.7. The predicted molar refractivity (Wildman–Crippen MR) is 75.8 cm³/mol. The van der Waals surface area contributed by atoms with Crippen LogP contribution in [-0.4, -0.2) is 11.8 Å². The molecule has 0 unspecified atom stereocenters. The van der Waals surface area contributed by atoms with Crippen LogP contribution in [-0.2, 0) is 4.79 Å². The summed E-state index contributed by atoms with van der Waals surface area (Å²) in [6.45, 7) is 2.12. The predicted octanol–water partition coefficient (Wildman–Crippen LogP) is 3.07. The molecule has 19 heavy (non-hydrogen) atoms. The molecule has 0 aromatic heterocycles. The number of carbonyl (C=O) groups is 2. The molecule has 2 N–H and O–H groups in total. The number of carbonyl (C=O) groups excluding carboxylic acids is 2. The van der Waals surface area contributed by atoms with Crippen molar-refractivity contribution < 1.29 is 9.59 Å². The first-order chi connectivity index (χ1) is 9.13. The number of unbranched alkanes of at least 4 members (excludes halogenated alkanes) is 3. The Morgan fingerprint density at radius 2 is 1.95 bits per heavy atom. The molecule has 1 aromatic carbocycles. The molecule has 1 aromatic rings. The van der Waals surface area contributed by atoms with E-state index in [9.17, 15) is 9.59 Å². The third-order valence-electron chi connectivity index (χ3n) is 2.66. The van der Waals surface area contributed by atoms with Crippen molar-refractivity contribution in [1.29, 1.82) is 0 Å². The molecule has 0 fully saturated rings. The minimum absolute atomic E-state index is 0.175. The maximum atomic E-state index is 11.7. The fourth-order valence-corrected chi connectivity index (χ4v) is 1.79. The van der Waals surface area contributed by atoms with Crippen LogP contribution in [0, 0.1) is 0 Å². The quantitative estimate of drug-likeness (QED) is 0.622. The Balaban J connectivity index is 2.28. The number of hydrogen-bond acceptors (Lipinski definition) is 2.